The minimum absolute atomic E-state index is 0.0442. The second kappa shape index (κ2) is 6.82. The molecule has 7 heteroatoms. The Morgan fingerprint density at radius 1 is 1.43 bits per heavy atom. The first-order valence-corrected chi connectivity index (χ1v) is 7.87. The van der Waals surface area contributed by atoms with Gasteiger partial charge in [-0.05, 0) is 34.5 Å². The summed E-state index contributed by atoms with van der Waals surface area (Å²) in [5, 5.41) is 13.8. The van der Waals surface area contributed by atoms with Crippen molar-refractivity contribution in [1.29, 1.82) is 0 Å². The molecule has 0 fully saturated rings. The summed E-state index contributed by atoms with van der Waals surface area (Å²) in [4.78, 5) is 26.8. The van der Waals surface area contributed by atoms with Crippen LogP contribution in [0.5, 0.6) is 0 Å². The normalized spacial score (nSPS) is 10.4. The highest BCUT2D eigenvalue weighted by atomic mass is 79.9. The van der Waals surface area contributed by atoms with Crippen LogP contribution in [0.3, 0.4) is 0 Å². The van der Waals surface area contributed by atoms with E-state index in [0.29, 0.717) is 23.5 Å². The van der Waals surface area contributed by atoms with Crippen LogP contribution in [0.1, 0.15) is 31.4 Å². The number of amides is 1. The summed E-state index contributed by atoms with van der Waals surface area (Å²) in [6.45, 7) is 2.33. The van der Waals surface area contributed by atoms with Gasteiger partial charge in [0.2, 0.25) is 0 Å². The van der Waals surface area contributed by atoms with Gasteiger partial charge in [0.05, 0.1) is 10.6 Å². The Morgan fingerprint density at radius 3 is 2.86 bits per heavy atom. The lowest BCUT2D eigenvalue weighted by atomic mass is 10.1. The fraction of sp³-hybridized carbons (Fsp3) is 0.214. The number of hydrogen-bond acceptors (Lipinski definition) is 4. The van der Waals surface area contributed by atoms with Gasteiger partial charge in [-0.25, -0.2) is 9.78 Å². The van der Waals surface area contributed by atoms with E-state index in [1.807, 2.05) is 19.1 Å². The van der Waals surface area contributed by atoms with Gasteiger partial charge in [-0.1, -0.05) is 12.1 Å². The number of halogens is 1. The number of carboxylic acid groups (broad SMARTS) is 1. The SMILES string of the molecule is Cc1cccc(C(=O)NCCc2nc(C(=O)O)cs2)c1Br. The molecule has 0 radical (unpaired) electrons. The molecule has 1 aromatic carbocycles. The van der Waals surface area contributed by atoms with Gasteiger partial charge < -0.3 is 10.4 Å². The maximum absolute atomic E-state index is 12.1. The molecule has 0 unspecified atom stereocenters. The third-order valence-electron chi connectivity index (χ3n) is 2.83. The molecular weight excluding hydrogens is 356 g/mol. The number of nitrogens with zero attached hydrogens (tertiary/aromatic N) is 1. The standard InChI is InChI=1S/C14H13BrN2O3S/c1-8-3-2-4-9(12(8)15)13(18)16-6-5-11-17-10(7-21-11)14(19)20/h2-4,7H,5-6H2,1H3,(H,16,18)(H,19,20). The van der Waals surface area contributed by atoms with Crippen molar-refractivity contribution in [3.63, 3.8) is 0 Å². The average Bonchev–Trinajstić information content (AvgIpc) is 2.91. The van der Waals surface area contributed by atoms with Gasteiger partial charge in [-0.2, -0.15) is 0 Å². The molecule has 2 N–H and O–H groups in total. The summed E-state index contributed by atoms with van der Waals surface area (Å²) in [6.07, 6.45) is 0.507. The third-order valence-corrected chi connectivity index (χ3v) is 4.79. The first-order valence-electron chi connectivity index (χ1n) is 6.20. The van der Waals surface area contributed by atoms with Gasteiger partial charge in [0.25, 0.3) is 5.91 Å². The number of hydrogen-bond donors (Lipinski definition) is 2. The Hall–Kier alpha value is -1.73. The van der Waals surface area contributed by atoms with Crippen LogP contribution in [0.25, 0.3) is 0 Å². The van der Waals surface area contributed by atoms with Crippen molar-refractivity contribution < 1.29 is 14.7 Å². The topological polar surface area (TPSA) is 79.3 Å². The second-order valence-electron chi connectivity index (χ2n) is 4.37. The molecule has 0 aliphatic rings. The molecule has 1 heterocycles. The van der Waals surface area contributed by atoms with Crippen LogP contribution in [-0.2, 0) is 6.42 Å². The predicted molar refractivity (Wildman–Crippen MR) is 84.0 cm³/mol. The van der Waals surface area contributed by atoms with Crippen LogP contribution >= 0.6 is 27.3 Å². The van der Waals surface area contributed by atoms with E-state index in [0.717, 1.165) is 10.0 Å². The molecule has 1 aromatic heterocycles. The molecule has 0 atom stereocenters. The molecule has 5 nitrogen and oxygen atoms in total. The van der Waals surface area contributed by atoms with Crippen molar-refractivity contribution in [3.05, 3.63) is 49.9 Å². The van der Waals surface area contributed by atoms with Crippen LogP contribution in [-0.4, -0.2) is 28.5 Å². The van der Waals surface area contributed by atoms with Crippen molar-refractivity contribution in [2.75, 3.05) is 6.54 Å². The lowest BCUT2D eigenvalue weighted by molar-refractivity contribution is 0.0690. The molecule has 1 amide bonds. The number of aromatic carboxylic acids is 1. The molecular formula is C14H13BrN2O3S. The number of aromatic nitrogens is 1. The van der Waals surface area contributed by atoms with E-state index in [1.165, 1.54) is 16.7 Å². The van der Waals surface area contributed by atoms with E-state index in [1.54, 1.807) is 6.07 Å². The van der Waals surface area contributed by atoms with Crippen LogP contribution < -0.4 is 5.32 Å². The number of carboxylic acids is 1. The molecule has 0 saturated carbocycles. The average molecular weight is 369 g/mol. The number of benzene rings is 1. The van der Waals surface area contributed by atoms with Gasteiger partial charge in [-0.15, -0.1) is 11.3 Å². The summed E-state index contributed by atoms with van der Waals surface area (Å²) in [5.41, 5.74) is 1.62. The molecule has 2 rings (SSSR count). The summed E-state index contributed by atoms with van der Waals surface area (Å²) in [5.74, 6) is -1.20. The van der Waals surface area contributed by atoms with Crippen molar-refractivity contribution >= 4 is 39.1 Å². The maximum atomic E-state index is 12.1. The molecule has 0 spiro atoms. The highest BCUT2D eigenvalue weighted by Gasteiger charge is 2.12. The smallest absolute Gasteiger partial charge is 0.355 e. The van der Waals surface area contributed by atoms with E-state index in [-0.39, 0.29) is 11.6 Å². The number of nitrogens with one attached hydrogen (secondary N) is 1. The molecule has 0 aliphatic heterocycles. The molecule has 21 heavy (non-hydrogen) atoms. The molecule has 2 aromatic rings. The fourth-order valence-electron chi connectivity index (χ4n) is 1.72. The Morgan fingerprint density at radius 2 is 2.19 bits per heavy atom. The van der Waals surface area contributed by atoms with Crippen molar-refractivity contribution in [1.82, 2.24) is 10.3 Å². The van der Waals surface area contributed by atoms with Gasteiger partial charge in [0, 0.05) is 22.8 Å². The molecule has 0 bridgehead atoms. The van der Waals surface area contributed by atoms with Crippen LogP contribution in [0.2, 0.25) is 0 Å². The van der Waals surface area contributed by atoms with E-state index >= 15 is 0 Å². The van der Waals surface area contributed by atoms with Gasteiger partial charge in [0.1, 0.15) is 0 Å². The largest absolute Gasteiger partial charge is 0.476 e. The predicted octanol–water partition coefficient (Wildman–Crippen LogP) is 2.88. The van der Waals surface area contributed by atoms with Crippen molar-refractivity contribution in [2.24, 2.45) is 0 Å². The third kappa shape index (κ3) is 3.89. The lowest BCUT2D eigenvalue weighted by Gasteiger charge is -2.07. The van der Waals surface area contributed by atoms with Gasteiger partial charge in [-0.3, -0.25) is 4.79 Å². The molecule has 110 valence electrons. The quantitative estimate of drug-likeness (QED) is 0.850. The van der Waals surface area contributed by atoms with Gasteiger partial charge >= 0.3 is 5.97 Å². The number of carbonyl (C=O) groups excluding carboxylic acids is 1. The lowest BCUT2D eigenvalue weighted by Crippen LogP contribution is -2.26. The number of thiazole rings is 1. The monoisotopic (exact) mass is 368 g/mol. The maximum Gasteiger partial charge on any atom is 0.355 e. The highest BCUT2D eigenvalue weighted by molar-refractivity contribution is 9.10. The fourth-order valence-corrected chi connectivity index (χ4v) is 2.94. The first kappa shape index (κ1) is 15.7. The second-order valence-corrected chi connectivity index (χ2v) is 6.11. The number of aryl methyl sites for hydroxylation is 1. The van der Waals surface area contributed by atoms with E-state index in [9.17, 15) is 9.59 Å². The van der Waals surface area contributed by atoms with Crippen LogP contribution in [0.4, 0.5) is 0 Å². The molecule has 0 aliphatic carbocycles. The summed E-state index contributed by atoms with van der Waals surface area (Å²) < 4.78 is 0.782. The summed E-state index contributed by atoms with van der Waals surface area (Å²) in [7, 11) is 0. The van der Waals surface area contributed by atoms with E-state index in [4.69, 9.17) is 5.11 Å². The zero-order valence-corrected chi connectivity index (χ0v) is 13.6. The Kier molecular flexibility index (Phi) is 5.08. The zero-order valence-electron chi connectivity index (χ0n) is 11.2. The zero-order chi connectivity index (χ0) is 15.4. The highest BCUT2D eigenvalue weighted by Crippen LogP contribution is 2.20. The minimum atomic E-state index is -1.04. The summed E-state index contributed by atoms with van der Waals surface area (Å²) >= 11 is 4.68. The first-order chi connectivity index (χ1) is 9.99. The number of rotatable bonds is 5. The van der Waals surface area contributed by atoms with Crippen LogP contribution in [0.15, 0.2) is 28.1 Å². The Labute approximate surface area is 134 Å². The van der Waals surface area contributed by atoms with Crippen LogP contribution in [0, 0.1) is 6.92 Å². The van der Waals surface area contributed by atoms with Crippen molar-refractivity contribution in [3.8, 4) is 0 Å². The van der Waals surface area contributed by atoms with Gasteiger partial charge in [0.15, 0.2) is 5.69 Å². The Balaban J connectivity index is 1.92. The van der Waals surface area contributed by atoms with Crippen molar-refractivity contribution in [2.45, 2.75) is 13.3 Å². The van der Waals surface area contributed by atoms with E-state index in [2.05, 4.69) is 26.2 Å². The Bertz CT molecular complexity index is 685. The molecule has 0 saturated heterocycles. The minimum Gasteiger partial charge on any atom is -0.476 e. The van der Waals surface area contributed by atoms with E-state index < -0.39 is 5.97 Å². The number of carbonyl (C=O) groups is 2. The summed E-state index contributed by atoms with van der Waals surface area (Å²) in [6, 6.07) is 5.50.